The molecule has 0 fully saturated rings. The molecular formula is C10H22O2. The van der Waals surface area contributed by atoms with Crippen molar-refractivity contribution in [1.29, 1.82) is 0 Å². The van der Waals surface area contributed by atoms with Crippen molar-refractivity contribution in [2.45, 2.75) is 34.6 Å². The highest BCUT2D eigenvalue weighted by molar-refractivity contribution is 4.88. The van der Waals surface area contributed by atoms with Crippen LogP contribution in [-0.4, -0.2) is 23.4 Å². The molecule has 0 aliphatic heterocycles. The van der Waals surface area contributed by atoms with Crippen LogP contribution in [-0.2, 0) is 0 Å². The standard InChI is InChI=1S/C5H12O2.C5H10/c1-5(2,3-6)4-7;1-4-5(2)3/h6-7H,3-4H2,1-2H3;4H,1-3H3. The summed E-state index contributed by atoms with van der Waals surface area (Å²) in [5, 5.41) is 16.9. The number of hydrogen-bond donors (Lipinski definition) is 2. The Morgan fingerprint density at radius 2 is 1.42 bits per heavy atom. The molecule has 0 unspecified atom stereocenters. The molecule has 0 rings (SSSR count). The van der Waals surface area contributed by atoms with Crippen LogP contribution in [0.15, 0.2) is 11.6 Å². The molecule has 0 aliphatic rings. The van der Waals surface area contributed by atoms with E-state index in [9.17, 15) is 0 Å². The van der Waals surface area contributed by atoms with Gasteiger partial charge in [-0.1, -0.05) is 25.5 Å². The van der Waals surface area contributed by atoms with E-state index < -0.39 is 0 Å². The number of aliphatic hydroxyl groups is 2. The molecule has 0 aliphatic carbocycles. The Morgan fingerprint density at radius 3 is 1.42 bits per heavy atom. The maximum absolute atomic E-state index is 8.43. The van der Waals surface area contributed by atoms with Crippen LogP contribution in [0.25, 0.3) is 0 Å². The van der Waals surface area contributed by atoms with E-state index in [0.717, 1.165) is 0 Å². The number of rotatable bonds is 2. The zero-order chi connectivity index (χ0) is 10.2. The molecule has 2 heteroatoms. The predicted octanol–water partition coefficient (Wildman–Crippen LogP) is 1.97. The van der Waals surface area contributed by atoms with E-state index in [1.807, 2.05) is 6.92 Å². The van der Waals surface area contributed by atoms with Crippen LogP contribution in [0.5, 0.6) is 0 Å². The minimum Gasteiger partial charge on any atom is -0.396 e. The van der Waals surface area contributed by atoms with E-state index in [-0.39, 0.29) is 18.6 Å². The van der Waals surface area contributed by atoms with Gasteiger partial charge in [0, 0.05) is 5.41 Å². The van der Waals surface area contributed by atoms with Crippen molar-refractivity contribution >= 4 is 0 Å². The van der Waals surface area contributed by atoms with E-state index in [1.54, 1.807) is 13.8 Å². The van der Waals surface area contributed by atoms with Gasteiger partial charge in [-0.15, -0.1) is 0 Å². The molecular weight excluding hydrogens is 152 g/mol. The van der Waals surface area contributed by atoms with E-state index in [1.165, 1.54) is 5.57 Å². The molecule has 0 amide bonds. The summed E-state index contributed by atoms with van der Waals surface area (Å²) in [5.74, 6) is 0. The van der Waals surface area contributed by atoms with Gasteiger partial charge in [0.1, 0.15) is 0 Å². The van der Waals surface area contributed by atoms with Gasteiger partial charge in [0.25, 0.3) is 0 Å². The predicted molar refractivity (Wildman–Crippen MR) is 53.1 cm³/mol. The maximum Gasteiger partial charge on any atom is 0.0504 e. The lowest BCUT2D eigenvalue weighted by Gasteiger charge is -2.16. The summed E-state index contributed by atoms with van der Waals surface area (Å²) in [4.78, 5) is 0. The summed E-state index contributed by atoms with van der Waals surface area (Å²) >= 11 is 0. The summed E-state index contributed by atoms with van der Waals surface area (Å²) < 4.78 is 0. The average Bonchev–Trinajstić information content (AvgIpc) is 2.05. The Hall–Kier alpha value is -0.340. The van der Waals surface area contributed by atoms with Crippen LogP contribution in [0.2, 0.25) is 0 Å². The van der Waals surface area contributed by atoms with E-state index in [4.69, 9.17) is 10.2 Å². The summed E-state index contributed by atoms with van der Waals surface area (Å²) in [5.41, 5.74) is 1.07. The van der Waals surface area contributed by atoms with Gasteiger partial charge >= 0.3 is 0 Å². The molecule has 0 atom stereocenters. The molecule has 0 aromatic rings. The topological polar surface area (TPSA) is 40.5 Å². The second-order valence-electron chi connectivity index (χ2n) is 3.85. The van der Waals surface area contributed by atoms with Crippen LogP contribution in [0, 0.1) is 5.41 Å². The Bertz CT molecular complexity index is 116. The lowest BCUT2D eigenvalue weighted by molar-refractivity contribution is 0.0857. The van der Waals surface area contributed by atoms with Crippen LogP contribution in [0.3, 0.4) is 0 Å². The lowest BCUT2D eigenvalue weighted by Crippen LogP contribution is -2.20. The average molecular weight is 174 g/mol. The summed E-state index contributed by atoms with van der Waals surface area (Å²) in [6.45, 7) is 9.89. The van der Waals surface area contributed by atoms with E-state index in [0.29, 0.717) is 0 Å². The summed E-state index contributed by atoms with van der Waals surface area (Å²) in [6.07, 6.45) is 2.08. The third-order valence-electron chi connectivity index (χ3n) is 1.43. The van der Waals surface area contributed by atoms with Gasteiger partial charge in [-0.2, -0.15) is 0 Å². The van der Waals surface area contributed by atoms with Gasteiger partial charge in [0.15, 0.2) is 0 Å². The van der Waals surface area contributed by atoms with E-state index >= 15 is 0 Å². The normalized spacial score (nSPS) is 9.92. The molecule has 0 spiro atoms. The zero-order valence-corrected chi connectivity index (χ0v) is 8.89. The highest BCUT2D eigenvalue weighted by Crippen LogP contribution is 2.10. The monoisotopic (exact) mass is 174 g/mol. The van der Waals surface area contributed by atoms with Crippen molar-refractivity contribution in [3.05, 3.63) is 11.6 Å². The molecule has 0 saturated heterocycles. The van der Waals surface area contributed by atoms with Gasteiger partial charge in [0.2, 0.25) is 0 Å². The first-order valence-corrected chi connectivity index (χ1v) is 4.21. The van der Waals surface area contributed by atoms with Crippen molar-refractivity contribution < 1.29 is 10.2 Å². The van der Waals surface area contributed by atoms with Gasteiger partial charge in [-0.05, 0) is 20.8 Å². The Kier molecular flexibility index (Phi) is 8.66. The van der Waals surface area contributed by atoms with Crippen LogP contribution in [0.4, 0.5) is 0 Å². The first kappa shape index (κ1) is 14.2. The smallest absolute Gasteiger partial charge is 0.0504 e. The summed E-state index contributed by atoms with van der Waals surface area (Å²) in [6, 6.07) is 0. The van der Waals surface area contributed by atoms with Crippen LogP contribution in [0.1, 0.15) is 34.6 Å². The minimum absolute atomic E-state index is 0.0451. The fraction of sp³-hybridized carbons (Fsp3) is 0.800. The SMILES string of the molecule is CC(C)(CO)CO.CC=C(C)C. The third-order valence-corrected chi connectivity index (χ3v) is 1.43. The maximum atomic E-state index is 8.43. The van der Waals surface area contributed by atoms with Gasteiger partial charge < -0.3 is 10.2 Å². The Labute approximate surface area is 75.9 Å². The Morgan fingerprint density at radius 1 is 1.17 bits per heavy atom. The highest BCUT2D eigenvalue weighted by atomic mass is 16.3. The zero-order valence-electron chi connectivity index (χ0n) is 8.89. The van der Waals surface area contributed by atoms with Gasteiger partial charge in [-0.25, -0.2) is 0 Å². The molecule has 12 heavy (non-hydrogen) atoms. The largest absolute Gasteiger partial charge is 0.396 e. The summed E-state index contributed by atoms with van der Waals surface area (Å²) in [7, 11) is 0. The van der Waals surface area contributed by atoms with Crippen molar-refractivity contribution in [1.82, 2.24) is 0 Å². The number of aliphatic hydroxyl groups excluding tert-OH is 2. The second-order valence-corrected chi connectivity index (χ2v) is 3.85. The quantitative estimate of drug-likeness (QED) is 0.628. The molecule has 0 radical (unpaired) electrons. The van der Waals surface area contributed by atoms with Crippen LogP contribution < -0.4 is 0 Å². The molecule has 2 N–H and O–H groups in total. The number of hydrogen-bond acceptors (Lipinski definition) is 2. The van der Waals surface area contributed by atoms with Crippen molar-refractivity contribution in [3.63, 3.8) is 0 Å². The van der Waals surface area contributed by atoms with E-state index in [2.05, 4.69) is 19.9 Å². The molecule has 2 nitrogen and oxygen atoms in total. The van der Waals surface area contributed by atoms with Crippen molar-refractivity contribution in [2.75, 3.05) is 13.2 Å². The molecule has 0 aromatic heterocycles. The highest BCUT2D eigenvalue weighted by Gasteiger charge is 2.13. The van der Waals surface area contributed by atoms with Crippen molar-refractivity contribution in [3.8, 4) is 0 Å². The minimum atomic E-state index is -0.306. The van der Waals surface area contributed by atoms with Crippen molar-refractivity contribution in [2.24, 2.45) is 5.41 Å². The molecule has 0 bridgehead atoms. The molecule has 0 heterocycles. The third kappa shape index (κ3) is 12.3. The fourth-order valence-corrected chi connectivity index (χ4v) is 0.0500. The number of allylic oxidation sites excluding steroid dienone is 2. The molecule has 74 valence electrons. The first-order valence-electron chi connectivity index (χ1n) is 4.21. The second kappa shape index (κ2) is 7.32. The Balaban J connectivity index is 0. The fourth-order valence-electron chi connectivity index (χ4n) is 0.0500. The molecule has 0 saturated carbocycles. The first-order chi connectivity index (χ1) is 5.39. The van der Waals surface area contributed by atoms with Gasteiger partial charge in [0.05, 0.1) is 13.2 Å². The van der Waals surface area contributed by atoms with Crippen LogP contribution >= 0.6 is 0 Å². The molecule has 0 aromatic carbocycles. The van der Waals surface area contributed by atoms with Gasteiger partial charge in [-0.3, -0.25) is 0 Å². The lowest BCUT2D eigenvalue weighted by atomic mass is 9.97.